The Labute approximate surface area is 174 Å². The van der Waals surface area contributed by atoms with E-state index >= 15 is 0 Å². The average Bonchev–Trinajstić information content (AvgIpc) is 3.19. The third-order valence-electron chi connectivity index (χ3n) is 3.49. The summed E-state index contributed by atoms with van der Waals surface area (Å²) in [4.78, 5) is 5.85. The molecule has 2 heterocycles. The normalized spacial score (nSPS) is 17.6. The SMILES string of the molecule is CCNC(=NCc1cc(Br)cs1)NCCCOCC1CCOC1.I. The number of nitrogens with zero attached hydrogens (tertiary/aromatic N) is 1. The van der Waals surface area contributed by atoms with Gasteiger partial charge in [-0.15, -0.1) is 35.3 Å². The van der Waals surface area contributed by atoms with Crippen molar-refractivity contribution in [2.24, 2.45) is 10.9 Å². The number of rotatable bonds is 9. The Kier molecular flexibility index (Phi) is 12.3. The Morgan fingerprint density at radius 2 is 2.38 bits per heavy atom. The second-order valence-corrected chi connectivity index (χ2v) is 7.42. The van der Waals surface area contributed by atoms with Gasteiger partial charge >= 0.3 is 0 Å². The van der Waals surface area contributed by atoms with E-state index in [1.807, 2.05) is 0 Å². The van der Waals surface area contributed by atoms with E-state index in [-0.39, 0.29) is 24.0 Å². The molecule has 24 heavy (non-hydrogen) atoms. The molecule has 138 valence electrons. The molecule has 1 saturated heterocycles. The smallest absolute Gasteiger partial charge is 0.191 e. The van der Waals surface area contributed by atoms with Crippen LogP contribution >= 0.6 is 51.2 Å². The Morgan fingerprint density at radius 3 is 3.04 bits per heavy atom. The van der Waals surface area contributed by atoms with Crippen LogP contribution in [0, 0.1) is 5.92 Å². The second kappa shape index (κ2) is 13.3. The topological polar surface area (TPSA) is 54.9 Å². The van der Waals surface area contributed by atoms with Crippen LogP contribution in [0.5, 0.6) is 0 Å². The van der Waals surface area contributed by atoms with Crippen molar-refractivity contribution in [3.63, 3.8) is 0 Å². The monoisotopic (exact) mass is 531 g/mol. The Bertz CT molecular complexity index is 482. The summed E-state index contributed by atoms with van der Waals surface area (Å²) in [6.45, 7) is 7.84. The van der Waals surface area contributed by atoms with Gasteiger partial charge in [0.2, 0.25) is 0 Å². The predicted octanol–water partition coefficient (Wildman–Crippen LogP) is 3.63. The molecule has 2 rings (SSSR count). The van der Waals surface area contributed by atoms with Crippen LogP contribution in [0.25, 0.3) is 0 Å². The lowest BCUT2D eigenvalue weighted by molar-refractivity contribution is 0.0888. The number of hydrogen-bond donors (Lipinski definition) is 2. The summed E-state index contributed by atoms with van der Waals surface area (Å²) >= 11 is 5.19. The van der Waals surface area contributed by atoms with Gasteiger partial charge in [0.1, 0.15) is 0 Å². The van der Waals surface area contributed by atoms with Crippen LogP contribution in [-0.2, 0) is 16.0 Å². The largest absolute Gasteiger partial charge is 0.381 e. The van der Waals surface area contributed by atoms with E-state index in [1.165, 1.54) is 4.88 Å². The molecule has 1 atom stereocenters. The maximum atomic E-state index is 5.71. The van der Waals surface area contributed by atoms with Gasteiger partial charge in [-0.05, 0) is 41.8 Å². The quantitative estimate of drug-likeness (QED) is 0.221. The first kappa shape index (κ1) is 22.1. The summed E-state index contributed by atoms with van der Waals surface area (Å²) in [5.41, 5.74) is 0. The lowest BCUT2D eigenvalue weighted by atomic mass is 10.1. The van der Waals surface area contributed by atoms with Crippen LogP contribution in [0.15, 0.2) is 20.9 Å². The summed E-state index contributed by atoms with van der Waals surface area (Å²) in [5.74, 6) is 1.45. The third-order valence-corrected chi connectivity index (χ3v) is 5.18. The van der Waals surface area contributed by atoms with Gasteiger partial charge in [0.05, 0.1) is 19.8 Å². The number of ether oxygens (including phenoxy) is 2. The van der Waals surface area contributed by atoms with E-state index in [2.05, 4.69) is 49.9 Å². The molecular formula is C16H27BrIN3O2S. The average molecular weight is 532 g/mol. The van der Waals surface area contributed by atoms with Crippen LogP contribution in [0.3, 0.4) is 0 Å². The van der Waals surface area contributed by atoms with Gasteiger partial charge < -0.3 is 20.1 Å². The Morgan fingerprint density at radius 1 is 1.50 bits per heavy atom. The first-order valence-corrected chi connectivity index (χ1v) is 9.85. The summed E-state index contributed by atoms with van der Waals surface area (Å²) in [7, 11) is 0. The Hall–Kier alpha value is 0.1000. The minimum Gasteiger partial charge on any atom is -0.381 e. The maximum Gasteiger partial charge on any atom is 0.191 e. The molecule has 0 aromatic carbocycles. The predicted molar refractivity (Wildman–Crippen MR) is 115 cm³/mol. The molecule has 0 radical (unpaired) electrons. The molecule has 0 bridgehead atoms. The van der Waals surface area contributed by atoms with Gasteiger partial charge in [-0.3, -0.25) is 0 Å². The van der Waals surface area contributed by atoms with Crippen LogP contribution in [0.2, 0.25) is 0 Å². The highest BCUT2D eigenvalue weighted by Gasteiger charge is 2.15. The van der Waals surface area contributed by atoms with Crippen molar-refractivity contribution in [3.05, 3.63) is 20.8 Å². The molecule has 1 fully saturated rings. The summed E-state index contributed by atoms with van der Waals surface area (Å²) in [6, 6.07) is 2.11. The van der Waals surface area contributed by atoms with Crippen LogP contribution < -0.4 is 10.6 Å². The van der Waals surface area contributed by atoms with Gasteiger partial charge in [-0.2, -0.15) is 0 Å². The molecule has 1 aliphatic rings. The summed E-state index contributed by atoms with van der Waals surface area (Å²) < 4.78 is 12.2. The number of guanidine groups is 1. The molecule has 1 aromatic heterocycles. The van der Waals surface area contributed by atoms with Crippen molar-refractivity contribution in [1.82, 2.24) is 10.6 Å². The zero-order chi connectivity index (χ0) is 16.3. The highest BCUT2D eigenvalue weighted by atomic mass is 127. The van der Waals surface area contributed by atoms with E-state index in [1.54, 1.807) is 11.3 Å². The van der Waals surface area contributed by atoms with Gasteiger partial charge in [-0.25, -0.2) is 4.99 Å². The Balaban J connectivity index is 0.00000288. The molecule has 5 nitrogen and oxygen atoms in total. The molecule has 1 aromatic rings. The molecule has 1 unspecified atom stereocenters. The fraction of sp³-hybridized carbons (Fsp3) is 0.688. The number of nitrogens with one attached hydrogen (secondary N) is 2. The minimum atomic E-state index is 0. The minimum absolute atomic E-state index is 0. The lowest BCUT2D eigenvalue weighted by Gasteiger charge is -2.12. The molecule has 0 amide bonds. The first-order valence-electron chi connectivity index (χ1n) is 8.18. The molecular weight excluding hydrogens is 505 g/mol. The highest BCUT2D eigenvalue weighted by Crippen LogP contribution is 2.20. The highest BCUT2D eigenvalue weighted by molar-refractivity contribution is 14.0. The zero-order valence-electron chi connectivity index (χ0n) is 14.1. The standard InChI is InChI=1S/C16H26BrN3O2S.HI/c1-2-18-16(20-9-15-8-14(17)12-23-15)19-5-3-6-21-10-13-4-7-22-11-13;/h8,12-13H,2-7,9-11H2,1H3,(H2,18,19,20);1H. The van der Waals surface area contributed by atoms with Gasteiger partial charge in [0.15, 0.2) is 5.96 Å². The summed E-state index contributed by atoms with van der Waals surface area (Å²) in [5, 5.41) is 8.70. The van der Waals surface area contributed by atoms with Crippen molar-refractivity contribution >= 4 is 57.2 Å². The van der Waals surface area contributed by atoms with Crippen molar-refractivity contribution in [2.75, 3.05) is 39.5 Å². The van der Waals surface area contributed by atoms with Crippen molar-refractivity contribution in [3.8, 4) is 0 Å². The zero-order valence-corrected chi connectivity index (χ0v) is 18.8. The van der Waals surface area contributed by atoms with Crippen molar-refractivity contribution in [2.45, 2.75) is 26.3 Å². The fourth-order valence-corrected chi connectivity index (χ4v) is 3.66. The molecule has 8 heteroatoms. The maximum absolute atomic E-state index is 5.71. The number of halogens is 2. The fourth-order valence-electron chi connectivity index (χ4n) is 2.28. The number of aliphatic imine (C=N–C) groups is 1. The van der Waals surface area contributed by atoms with Crippen LogP contribution in [0.1, 0.15) is 24.6 Å². The second-order valence-electron chi connectivity index (χ2n) is 5.51. The van der Waals surface area contributed by atoms with E-state index in [0.29, 0.717) is 12.5 Å². The van der Waals surface area contributed by atoms with E-state index in [9.17, 15) is 0 Å². The van der Waals surface area contributed by atoms with Gasteiger partial charge in [-0.1, -0.05) is 0 Å². The molecule has 2 N–H and O–H groups in total. The van der Waals surface area contributed by atoms with Gasteiger partial charge in [0.25, 0.3) is 0 Å². The van der Waals surface area contributed by atoms with E-state index < -0.39 is 0 Å². The van der Waals surface area contributed by atoms with Crippen LogP contribution in [0.4, 0.5) is 0 Å². The third kappa shape index (κ3) is 8.98. The molecule has 0 spiro atoms. The molecule has 1 aliphatic heterocycles. The number of thiophene rings is 1. The first-order chi connectivity index (χ1) is 11.3. The molecule has 0 aliphatic carbocycles. The van der Waals surface area contributed by atoms with E-state index in [4.69, 9.17) is 9.47 Å². The van der Waals surface area contributed by atoms with Gasteiger partial charge in [0, 0.05) is 47.0 Å². The lowest BCUT2D eigenvalue weighted by Crippen LogP contribution is -2.38. The van der Waals surface area contributed by atoms with Crippen molar-refractivity contribution in [1.29, 1.82) is 0 Å². The number of hydrogen-bond acceptors (Lipinski definition) is 4. The van der Waals surface area contributed by atoms with E-state index in [0.717, 1.165) is 62.8 Å². The summed E-state index contributed by atoms with van der Waals surface area (Å²) in [6.07, 6.45) is 2.11. The molecule has 0 saturated carbocycles. The van der Waals surface area contributed by atoms with Crippen LogP contribution in [-0.4, -0.2) is 45.5 Å². The van der Waals surface area contributed by atoms with Crippen molar-refractivity contribution < 1.29 is 9.47 Å².